The maximum Gasteiger partial charge on any atom is 0.311 e. The van der Waals surface area contributed by atoms with Crippen molar-refractivity contribution in [2.24, 2.45) is 5.92 Å². The normalized spacial score (nSPS) is 12.5. The number of halogens is 2. The molecule has 0 aromatic heterocycles. The second-order valence-corrected chi connectivity index (χ2v) is 4.10. The van der Waals surface area contributed by atoms with Gasteiger partial charge < -0.3 is 14.9 Å². The molecule has 0 fully saturated rings. The van der Waals surface area contributed by atoms with Gasteiger partial charge in [0, 0.05) is 6.42 Å². The summed E-state index contributed by atoms with van der Waals surface area (Å²) in [6.07, 6.45) is -0.194. The molecule has 0 spiro atoms. The Balaban J connectivity index is 3.88. The van der Waals surface area contributed by atoms with Crippen LogP contribution in [0, 0.1) is 5.92 Å². The summed E-state index contributed by atoms with van der Waals surface area (Å²) in [5, 5.41) is 17.2. The van der Waals surface area contributed by atoms with Gasteiger partial charge in [0.15, 0.2) is 0 Å². The molecule has 1 atom stereocenters. The fourth-order valence-corrected chi connectivity index (χ4v) is 0.978. The highest BCUT2D eigenvalue weighted by Gasteiger charge is 2.22. The minimum Gasteiger partial charge on any atom is -0.481 e. The van der Waals surface area contributed by atoms with Crippen molar-refractivity contribution in [3.05, 3.63) is 0 Å². The van der Waals surface area contributed by atoms with E-state index in [2.05, 4.69) is 4.74 Å². The van der Waals surface area contributed by atoms with Gasteiger partial charge in [-0.1, -0.05) is 0 Å². The summed E-state index contributed by atoms with van der Waals surface area (Å²) >= 11 is 10.8. The summed E-state index contributed by atoms with van der Waals surface area (Å²) in [6.45, 7) is -0.553. The number of aliphatic hydroxyl groups excluding tert-OH is 1. The maximum atomic E-state index is 11.2. The highest BCUT2D eigenvalue weighted by molar-refractivity contribution is 6.44. The van der Waals surface area contributed by atoms with E-state index in [0.717, 1.165) is 0 Å². The van der Waals surface area contributed by atoms with E-state index in [1.54, 1.807) is 0 Å². The molecule has 0 aromatic rings. The number of hydrogen-bond acceptors (Lipinski definition) is 4. The number of hydrogen-bond donors (Lipinski definition) is 2. The summed E-state index contributed by atoms with van der Waals surface area (Å²) in [5.74, 6) is -2.96. The molecule has 88 valence electrons. The Hall–Kier alpha value is -0.520. The molecule has 0 saturated heterocycles. The zero-order valence-electron chi connectivity index (χ0n) is 7.86. The molecule has 1 unspecified atom stereocenters. The van der Waals surface area contributed by atoms with Crippen LogP contribution in [0.3, 0.4) is 0 Å². The van der Waals surface area contributed by atoms with Crippen molar-refractivity contribution in [1.29, 1.82) is 0 Å². The number of carbonyl (C=O) groups is 2. The van der Waals surface area contributed by atoms with Gasteiger partial charge in [-0.2, -0.15) is 0 Å². The molecule has 0 bridgehead atoms. The summed E-state index contributed by atoms with van der Waals surface area (Å²) in [5.41, 5.74) is 0. The van der Waals surface area contributed by atoms with Gasteiger partial charge in [0.2, 0.25) is 0 Å². The van der Waals surface area contributed by atoms with E-state index in [0.29, 0.717) is 0 Å². The van der Waals surface area contributed by atoms with Crippen molar-refractivity contribution in [2.75, 3.05) is 13.2 Å². The van der Waals surface area contributed by atoms with Gasteiger partial charge in [-0.25, -0.2) is 0 Å². The average Bonchev–Trinajstić information content (AvgIpc) is 2.13. The average molecular weight is 259 g/mol. The molecule has 0 aliphatic rings. The van der Waals surface area contributed by atoms with Gasteiger partial charge in [-0.3, -0.25) is 9.59 Å². The Morgan fingerprint density at radius 3 is 2.33 bits per heavy atom. The number of carbonyl (C=O) groups excluding carboxylic acids is 1. The van der Waals surface area contributed by atoms with E-state index in [9.17, 15) is 9.59 Å². The SMILES string of the molecule is O=C(O)CC(CO)C(=O)OCCC(Cl)Cl. The van der Waals surface area contributed by atoms with Crippen LogP contribution in [0.5, 0.6) is 0 Å². The van der Waals surface area contributed by atoms with Crippen molar-refractivity contribution in [1.82, 2.24) is 0 Å². The predicted octanol–water partition coefficient (Wildman–Crippen LogP) is 0.807. The lowest BCUT2D eigenvalue weighted by Crippen LogP contribution is -2.24. The summed E-state index contributed by atoms with van der Waals surface area (Å²) in [6, 6.07) is 0. The van der Waals surface area contributed by atoms with Crippen LogP contribution >= 0.6 is 23.2 Å². The predicted molar refractivity (Wildman–Crippen MR) is 53.9 cm³/mol. The first-order valence-corrected chi connectivity index (χ1v) is 5.12. The van der Waals surface area contributed by atoms with Gasteiger partial charge in [0.05, 0.1) is 25.6 Å². The molecule has 0 rings (SSSR count). The molecule has 0 heterocycles. The van der Waals surface area contributed by atoms with Gasteiger partial charge in [-0.15, -0.1) is 23.2 Å². The van der Waals surface area contributed by atoms with E-state index < -0.39 is 35.7 Å². The largest absolute Gasteiger partial charge is 0.481 e. The van der Waals surface area contributed by atoms with E-state index in [-0.39, 0.29) is 13.0 Å². The number of alkyl halides is 2. The maximum absolute atomic E-state index is 11.2. The van der Waals surface area contributed by atoms with Gasteiger partial charge in [-0.05, 0) is 0 Å². The lowest BCUT2D eigenvalue weighted by atomic mass is 10.1. The van der Waals surface area contributed by atoms with Crippen LogP contribution in [-0.2, 0) is 14.3 Å². The first-order chi connectivity index (χ1) is 6.97. The molecule has 0 aliphatic carbocycles. The third kappa shape index (κ3) is 7.41. The number of carboxylic acids is 1. The number of aliphatic hydroxyl groups is 1. The number of esters is 1. The standard InChI is InChI=1S/C8H12Cl2O5/c9-6(10)1-2-15-8(14)5(4-11)3-7(12)13/h5-6,11H,1-4H2,(H,12,13). The first-order valence-electron chi connectivity index (χ1n) is 4.24. The second kappa shape index (κ2) is 7.73. The Kier molecular flexibility index (Phi) is 7.46. The third-order valence-corrected chi connectivity index (χ3v) is 1.99. The number of carboxylic acid groups (broad SMARTS) is 1. The van der Waals surface area contributed by atoms with Crippen molar-refractivity contribution in [3.63, 3.8) is 0 Å². The zero-order chi connectivity index (χ0) is 11.8. The number of rotatable bonds is 7. The fourth-order valence-electron chi connectivity index (χ4n) is 0.800. The quantitative estimate of drug-likeness (QED) is 0.522. The minimum absolute atomic E-state index is 0.00657. The summed E-state index contributed by atoms with van der Waals surface area (Å²) in [7, 11) is 0. The van der Waals surface area contributed by atoms with E-state index >= 15 is 0 Å². The molecule has 15 heavy (non-hydrogen) atoms. The fraction of sp³-hybridized carbons (Fsp3) is 0.750. The molecule has 0 aromatic carbocycles. The van der Waals surface area contributed by atoms with Gasteiger partial charge in [0.1, 0.15) is 4.84 Å². The van der Waals surface area contributed by atoms with Gasteiger partial charge in [0.25, 0.3) is 0 Å². The van der Waals surface area contributed by atoms with E-state index in [4.69, 9.17) is 33.4 Å². The van der Waals surface area contributed by atoms with Crippen molar-refractivity contribution >= 4 is 35.1 Å². The van der Waals surface area contributed by atoms with Crippen LogP contribution in [-0.4, -0.2) is 40.2 Å². The van der Waals surface area contributed by atoms with Crippen LogP contribution < -0.4 is 0 Å². The molecule has 0 saturated carbocycles. The van der Waals surface area contributed by atoms with Crippen LogP contribution in [0.15, 0.2) is 0 Å². The van der Waals surface area contributed by atoms with Crippen LogP contribution in [0.25, 0.3) is 0 Å². The highest BCUT2D eigenvalue weighted by Crippen LogP contribution is 2.09. The van der Waals surface area contributed by atoms with Crippen molar-refractivity contribution in [2.45, 2.75) is 17.7 Å². The molecule has 7 heteroatoms. The molecule has 2 N–H and O–H groups in total. The zero-order valence-corrected chi connectivity index (χ0v) is 9.37. The Morgan fingerprint density at radius 1 is 1.33 bits per heavy atom. The van der Waals surface area contributed by atoms with Gasteiger partial charge >= 0.3 is 11.9 Å². The van der Waals surface area contributed by atoms with Crippen LogP contribution in [0.4, 0.5) is 0 Å². The topological polar surface area (TPSA) is 83.8 Å². The molecule has 5 nitrogen and oxygen atoms in total. The molecule has 0 aliphatic heterocycles. The second-order valence-electron chi connectivity index (χ2n) is 2.82. The monoisotopic (exact) mass is 258 g/mol. The number of aliphatic carboxylic acids is 1. The lowest BCUT2D eigenvalue weighted by molar-refractivity contribution is -0.154. The Labute approximate surface area is 96.9 Å². The van der Waals surface area contributed by atoms with Crippen molar-refractivity contribution < 1.29 is 24.5 Å². The van der Waals surface area contributed by atoms with Crippen LogP contribution in [0.1, 0.15) is 12.8 Å². The Bertz CT molecular complexity index is 219. The molecular weight excluding hydrogens is 247 g/mol. The molecule has 0 radical (unpaired) electrons. The van der Waals surface area contributed by atoms with E-state index in [1.165, 1.54) is 0 Å². The third-order valence-electron chi connectivity index (χ3n) is 1.56. The number of ether oxygens (including phenoxy) is 1. The van der Waals surface area contributed by atoms with Crippen LogP contribution in [0.2, 0.25) is 0 Å². The summed E-state index contributed by atoms with van der Waals surface area (Å²) in [4.78, 5) is 20.8. The lowest BCUT2D eigenvalue weighted by Gasteiger charge is -2.11. The van der Waals surface area contributed by atoms with E-state index in [1.807, 2.05) is 0 Å². The molecular formula is C8H12Cl2O5. The first kappa shape index (κ1) is 14.5. The summed E-state index contributed by atoms with van der Waals surface area (Å²) < 4.78 is 4.68. The molecule has 0 amide bonds. The minimum atomic E-state index is -1.17. The van der Waals surface area contributed by atoms with Crippen molar-refractivity contribution in [3.8, 4) is 0 Å². The Morgan fingerprint density at radius 2 is 1.93 bits per heavy atom. The highest BCUT2D eigenvalue weighted by atomic mass is 35.5. The smallest absolute Gasteiger partial charge is 0.311 e.